The van der Waals surface area contributed by atoms with Crippen molar-refractivity contribution in [2.24, 2.45) is 11.3 Å². The van der Waals surface area contributed by atoms with E-state index in [-0.39, 0.29) is 11.9 Å². The second-order valence-electron chi connectivity index (χ2n) is 11.1. The van der Waals surface area contributed by atoms with Crippen LogP contribution in [0.3, 0.4) is 0 Å². The Morgan fingerprint density at radius 2 is 2.09 bits per heavy atom. The summed E-state index contributed by atoms with van der Waals surface area (Å²) in [4.78, 5) is 26.5. The molecule has 6 rings (SSSR count). The van der Waals surface area contributed by atoms with Crippen LogP contribution in [0.15, 0.2) is 24.3 Å². The Labute approximate surface area is 210 Å². The van der Waals surface area contributed by atoms with Crippen LogP contribution in [0.4, 0.5) is 11.5 Å². The van der Waals surface area contributed by atoms with Gasteiger partial charge in [-0.1, -0.05) is 19.9 Å². The van der Waals surface area contributed by atoms with Gasteiger partial charge in [-0.15, -0.1) is 11.3 Å². The summed E-state index contributed by atoms with van der Waals surface area (Å²) in [6, 6.07) is 8.91. The number of rotatable bonds is 3. The lowest BCUT2D eigenvalue weighted by atomic mass is 9.71. The fourth-order valence-corrected chi connectivity index (χ4v) is 7.21. The Hall–Kier alpha value is -2.71. The zero-order valence-electron chi connectivity index (χ0n) is 20.7. The van der Waals surface area contributed by atoms with E-state index in [2.05, 4.69) is 46.5 Å². The molecule has 3 aliphatic rings. The van der Waals surface area contributed by atoms with Gasteiger partial charge >= 0.3 is 0 Å². The van der Waals surface area contributed by atoms with Crippen molar-refractivity contribution >= 4 is 39.0 Å². The first-order chi connectivity index (χ1) is 16.8. The van der Waals surface area contributed by atoms with Crippen LogP contribution in [0, 0.1) is 18.3 Å². The summed E-state index contributed by atoms with van der Waals surface area (Å²) in [5.74, 6) is 1.66. The van der Waals surface area contributed by atoms with E-state index in [1.54, 1.807) is 0 Å². The smallest absolute Gasteiger partial charge is 0.263 e. The van der Waals surface area contributed by atoms with Crippen LogP contribution in [0.1, 0.15) is 53.3 Å². The number of nitrogens with two attached hydrogens (primary N) is 1. The molecule has 5 heterocycles. The Morgan fingerprint density at radius 1 is 1.23 bits per heavy atom. The minimum Gasteiger partial charge on any atom is -0.397 e. The van der Waals surface area contributed by atoms with Gasteiger partial charge in [-0.2, -0.15) is 0 Å². The number of aryl methyl sites for hydroxylation is 2. The van der Waals surface area contributed by atoms with E-state index in [0.29, 0.717) is 27.9 Å². The zero-order chi connectivity index (χ0) is 24.3. The number of nitrogens with one attached hydrogen (secondary N) is 2. The van der Waals surface area contributed by atoms with E-state index < -0.39 is 0 Å². The summed E-state index contributed by atoms with van der Waals surface area (Å²) >= 11 is 1.37. The standard InChI is InChI=1S/C27H34N6OS/c1-15-4-7-18-23(28)24(35-26(18)30-15)25(34)31-17-6-8-20-16(12-17)5-9-22(32-20)33-13-19-21(14-33)29-11-10-27(19,2)3/h4-5,7,9,17,19,21,29H,6,8,10-14,28H2,1-3H3,(H,31,34)/t17-,19-,21+/m0/s1. The average Bonchev–Trinajstić information content (AvgIpc) is 3.41. The summed E-state index contributed by atoms with van der Waals surface area (Å²) < 4.78 is 0. The molecular formula is C27H34N6OS. The maximum Gasteiger partial charge on any atom is 0.263 e. The molecule has 184 valence electrons. The highest BCUT2D eigenvalue weighted by Crippen LogP contribution is 2.41. The number of thiophene rings is 1. The number of hydrogen-bond acceptors (Lipinski definition) is 7. The van der Waals surface area contributed by atoms with Crippen molar-refractivity contribution < 1.29 is 4.79 Å². The fraction of sp³-hybridized carbons (Fsp3) is 0.519. The number of carbonyl (C=O) groups excluding carboxylic acids is 1. The number of anilines is 2. The maximum absolute atomic E-state index is 13.1. The molecule has 7 nitrogen and oxygen atoms in total. The molecule has 4 N–H and O–H groups in total. The molecule has 1 amide bonds. The van der Waals surface area contributed by atoms with Crippen LogP contribution in [-0.4, -0.2) is 47.6 Å². The van der Waals surface area contributed by atoms with Crippen LogP contribution in [0.5, 0.6) is 0 Å². The van der Waals surface area contributed by atoms with Gasteiger partial charge in [-0.25, -0.2) is 9.97 Å². The van der Waals surface area contributed by atoms with Gasteiger partial charge < -0.3 is 21.3 Å². The normalized spacial score (nSPS) is 25.3. The molecule has 0 unspecified atom stereocenters. The van der Waals surface area contributed by atoms with Crippen molar-refractivity contribution in [3.63, 3.8) is 0 Å². The number of carbonyl (C=O) groups is 1. The SMILES string of the molecule is Cc1ccc2c(N)c(C(=O)N[C@H]3CCc4nc(N5C[C@H]6NCCC(C)(C)[C@H]6C5)ccc4C3)sc2n1. The van der Waals surface area contributed by atoms with Crippen molar-refractivity contribution in [1.82, 2.24) is 20.6 Å². The third-order valence-corrected chi connectivity index (χ3v) is 9.46. The summed E-state index contributed by atoms with van der Waals surface area (Å²) in [7, 11) is 0. The summed E-state index contributed by atoms with van der Waals surface area (Å²) in [5, 5.41) is 7.81. The second-order valence-corrected chi connectivity index (χ2v) is 12.1. The Morgan fingerprint density at radius 3 is 2.91 bits per heavy atom. The van der Waals surface area contributed by atoms with Gasteiger partial charge in [0.05, 0.1) is 5.69 Å². The summed E-state index contributed by atoms with van der Waals surface area (Å²) in [6.45, 7) is 9.98. The zero-order valence-corrected chi connectivity index (χ0v) is 21.5. The third kappa shape index (κ3) is 4.06. The van der Waals surface area contributed by atoms with Gasteiger partial charge in [0, 0.05) is 41.9 Å². The van der Waals surface area contributed by atoms with Crippen molar-refractivity contribution in [1.29, 1.82) is 0 Å². The Kier molecular flexibility index (Phi) is 5.49. The Bertz CT molecular complexity index is 1300. The third-order valence-electron chi connectivity index (χ3n) is 8.35. The number of hydrogen-bond donors (Lipinski definition) is 3. The first-order valence-electron chi connectivity index (χ1n) is 12.7. The summed E-state index contributed by atoms with van der Waals surface area (Å²) in [6.07, 6.45) is 3.80. The molecule has 3 aromatic heterocycles. The number of amides is 1. The van der Waals surface area contributed by atoms with Gasteiger partial charge in [0.2, 0.25) is 0 Å². The lowest BCUT2D eigenvalue weighted by Crippen LogP contribution is -2.49. The van der Waals surface area contributed by atoms with Crippen molar-refractivity contribution in [3.05, 3.63) is 46.1 Å². The van der Waals surface area contributed by atoms with Gasteiger partial charge in [-0.3, -0.25) is 4.79 Å². The fourth-order valence-electron chi connectivity index (χ4n) is 6.16. The molecule has 0 radical (unpaired) electrons. The number of nitrogens with zero attached hydrogens (tertiary/aromatic N) is 3. The predicted octanol–water partition coefficient (Wildman–Crippen LogP) is 3.69. The molecule has 0 bridgehead atoms. The molecule has 1 aliphatic carbocycles. The molecule has 0 aromatic carbocycles. The quantitative estimate of drug-likeness (QED) is 0.518. The van der Waals surface area contributed by atoms with Gasteiger partial charge in [-0.05, 0) is 74.2 Å². The lowest BCUT2D eigenvalue weighted by molar-refractivity contribution is 0.0938. The van der Waals surface area contributed by atoms with Gasteiger partial charge in [0.1, 0.15) is 15.5 Å². The van der Waals surface area contributed by atoms with Crippen LogP contribution in [-0.2, 0) is 12.8 Å². The van der Waals surface area contributed by atoms with E-state index in [1.165, 1.54) is 29.0 Å². The van der Waals surface area contributed by atoms with Crippen LogP contribution in [0.2, 0.25) is 0 Å². The molecular weight excluding hydrogens is 456 g/mol. The highest BCUT2D eigenvalue weighted by molar-refractivity contribution is 7.21. The molecule has 2 fully saturated rings. The van der Waals surface area contributed by atoms with Crippen molar-refractivity contribution in [3.8, 4) is 0 Å². The van der Waals surface area contributed by atoms with Crippen LogP contribution < -0.4 is 21.3 Å². The van der Waals surface area contributed by atoms with Gasteiger partial charge in [0.15, 0.2) is 0 Å². The molecule has 8 heteroatoms. The first-order valence-corrected chi connectivity index (χ1v) is 13.5. The minimum atomic E-state index is -0.101. The molecule has 2 saturated heterocycles. The summed E-state index contributed by atoms with van der Waals surface area (Å²) in [5.41, 5.74) is 10.5. The highest BCUT2D eigenvalue weighted by Gasteiger charge is 2.44. The monoisotopic (exact) mass is 490 g/mol. The topological polar surface area (TPSA) is 96.2 Å². The second kappa shape index (κ2) is 8.45. The van der Waals surface area contributed by atoms with Crippen molar-refractivity contribution in [2.45, 2.75) is 58.5 Å². The maximum atomic E-state index is 13.1. The van der Waals surface area contributed by atoms with E-state index >= 15 is 0 Å². The first kappa shape index (κ1) is 22.7. The lowest BCUT2D eigenvalue weighted by Gasteiger charge is -2.40. The number of aromatic nitrogens is 2. The number of piperidine rings is 1. The number of fused-ring (bicyclic) bond motifs is 3. The van der Waals surface area contributed by atoms with E-state index in [4.69, 9.17) is 10.7 Å². The molecule has 3 aromatic rings. The average molecular weight is 491 g/mol. The van der Waals surface area contributed by atoms with Crippen LogP contribution in [0.25, 0.3) is 10.2 Å². The van der Waals surface area contributed by atoms with Gasteiger partial charge in [0.25, 0.3) is 5.91 Å². The number of pyridine rings is 2. The van der Waals surface area contributed by atoms with E-state index in [0.717, 1.165) is 60.6 Å². The predicted molar refractivity (Wildman–Crippen MR) is 142 cm³/mol. The Balaban J connectivity index is 1.14. The molecule has 35 heavy (non-hydrogen) atoms. The molecule has 0 spiro atoms. The molecule has 3 atom stereocenters. The highest BCUT2D eigenvalue weighted by atomic mass is 32.1. The molecule has 2 aliphatic heterocycles. The minimum absolute atomic E-state index is 0.0848. The number of nitrogen functional groups attached to an aromatic ring is 1. The molecule has 0 saturated carbocycles. The van der Waals surface area contributed by atoms with E-state index in [9.17, 15) is 4.79 Å². The van der Waals surface area contributed by atoms with Crippen LogP contribution >= 0.6 is 11.3 Å². The van der Waals surface area contributed by atoms with Crippen molar-refractivity contribution in [2.75, 3.05) is 30.3 Å². The largest absolute Gasteiger partial charge is 0.397 e. The van der Waals surface area contributed by atoms with E-state index in [1.807, 2.05) is 19.1 Å².